The van der Waals surface area contributed by atoms with Gasteiger partial charge in [0.2, 0.25) is 5.88 Å². The SMILES string of the molecule is Cc1nc(OC2CCC(C)(C)CC2)ccc1C(=O)O. The zero-order valence-electron chi connectivity index (χ0n) is 11.8. The molecule has 0 spiro atoms. The quantitative estimate of drug-likeness (QED) is 0.907. The van der Waals surface area contributed by atoms with Crippen molar-refractivity contribution < 1.29 is 14.6 Å². The third-order valence-corrected chi connectivity index (χ3v) is 3.86. The minimum absolute atomic E-state index is 0.204. The average molecular weight is 263 g/mol. The maximum Gasteiger partial charge on any atom is 0.337 e. The molecular formula is C15H21NO3. The minimum atomic E-state index is -0.948. The van der Waals surface area contributed by atoms with Crippen molar-refractivity contribution in [3.05, 3.63) is 23.4 Å². The molecule has 1 aromatic rings. The van der Waals surface area contributed by atoms with E-state index in [0.29, 0.717) is 17.0 Å². The second-order valence-electron chi connectivity index (χ2n) is 6.07. The summed E-state index contributed by atoms with van der Waals surface area (Å²) >= 11 is 0. The summed E-state index contributed by atoms with van der Waals surface area (Å²) in [5, 5.41) is 8.95. The standard InChI is InChI=1S/C15H21NO3/c1-10-12(14(17)18)4-5-13(16-10)19-11-6-8-15(2,3)9-7-11/h4-5,11H,6-9H2,1-3H3,(H,17,18). The van der Waals surface area contributed by atoms with Gasteiger partial charge in [-0.25, -0.2) is 9.78 Å². The van der Waals surface area contributed by atoms with Crippen LogP contribution in [0.4, 0.5) is 0 Å². The van der Waals surface area contributed by atoms with Gasteiger partial charge in [-0.05, 0) is 44.1 Å². The minimum Gasteiger partial charge on any atom is -0.478 e. The first-order chi connectivity index (χ1) is 8.87. The summed E-state index contributed by atoms with van der Waals surface area (Å²) in [5.41, 5.74) is 1.15. The molecule has 0 atom stereocenters. The van der Waals surface area contributed by atoms with Crippen LogP contribution in [0.15, 0.2) is 12.1 Å². The van der Waals surface area contributed by atoms with Gasteiger partial charge in [0.1, 0.15) is 6.10 Å². The number of hydrogen-bond acceptors (Lipinski definition) is 3. The Kier molecular flexibility index (Phi) is 3.78. The largest absolute Gasteiger partial charge is 0.478 e. The van der Waals surface area contributed by atoms with Crippen molar-refractivity contribution >= 4 is 5.97 Å². The number of pyridine rings is 1. The first-order valence-electron chi connectivity index (χ1n) is 6.75. The molecule has 1 heterocycles. The van der Waals surface area contributed by atoms with E-state index in [9.17, 15) is 4.79 Å². The van der Waals surface area contributed by atoms with Crippen LogP contribution in [-0.4, -0.2) is 22.2 Å². The predicted molar refractivity (Wildman–Crippen MR) is 72.6 cm³/mol. The Balaban J connectivity index is 2.01. The highest BCUT2D eigenvalue weighted by Crippen LogP contribution is 2.36. The molecule has 0 aromatic carbocycles. The highest BCUT2D eigenvalue weighted by molar-refractivity contribution is 5.88. The maximum atomic E-state index is 10.9. The van der Waals surface area contributed by atoms with E-state index < -0.39 is 5.97 Å². The van der Waals surface area contributed by atoms with Crippen LogP contribution < -0.4 is 4.74 Å². The van der Waals surface area contributed by atoms with E-state index in [0.717, 1.165) is 25.7 Å². The molecule has 1 saturated carbocycles. The van der Waals surface area contributed by atoms with Crippen molar-refractivity contribution in [1.82, 2.24) is 4.98 Å². The molecule has 1 aromatic heterocycles. The maximum absolute atomic E-state index is 10.9. The van der Waals surface area contributed by atoms with Crippen molar-refractivity contribution in [2.24, 2.45) is 5.41 Å². The van der Waals surface area contributed by atoms with Gasteiger partial charge in [-0.1, -0.05) is 13.8 Å². The Morgan fingerprint density at radius 1 is 1.37 bits per heavy atom. The highest BCUT2D eigenvalue weighted by atomic mass is 16.5. The second kappa shape index (κ2) is 5.19. The fourth-order valence-electron chi connectivity index (χ4n) is 2.49. The van der Waals surface area contributed by atoms with Crippen molar-refractivity contribution in [2.75, 3.05) is 0 Å². The molecule has 0 bridgehead atoms. The summed E-state index contributed by atoms with van der Waals surface area (Å²) in [5.74, 6) is -0.414. The Morgan fingerprint density at radius 2 is 2.00 bits per heavy atom. The molecule has 1 N–H and O–H groups in total. The summed E-state index contributed by atoms with van der Waals surface area (Å²) < 4.78 is 5.86. The van der Waals surface area contributed by atoms with Crippen LogP contribution >= 0.6 is 0 Å². The van der Waals surface area contributed by atoms with Gasteiger partial charge in [0.05, 0.1) is 11.3 Å². The topological polar surface area (TPSA) is 59.4 Å². The zero-order chi connectivity index (χ0) is 14.0. The molecule has 0 saturated heterocycles. The van der Waals surface area contributed by atoms with Gasteiger partial charge >= 0.3 is 5.97 Å². The normalized spacial score (nSPS) is 19.1. The predicted octanol–water partition coefficient (Wildman–Crippen LogP) is 3.44. The van der Waals surface area contributed by atoms with Crippen molar-refractivity contribution in [1.29, 1.82) is 0 Å². The molecule has 4 heteroatoms. The van der Waals surface area contributed by atoms with Crippen molar-refractivity contribution in [3.63, 3.8) is 0 Å². The van der Waals surface area contributed by atoms with Crippen molar-refractivity contribution in [3.8, 4) is 5.88 Å². The molecule has 1 aliphatic carbocycles. The lowest BCUT2D eigenvalue weighted by atomic mass is 9.76. The summed E-state index contributed by atoms with van der Waals surface area (Å²) in [6.45, 7) is 6.26. The van der Waals surface area contributed by atoms with Crippen molar-refractivity contribution in [2.45, 2.75) is 52.6 Å². The number of hydrogen-bond donors (Lipinski definition) is 1. The molecule has 0 unspecified atom stereocenters. The smallest absolute Gasteiger partial charge is 0.337 e. The second-order valence-corrected chi connectivity index (χ2v) is 6.07. The fraction of sp³-hybridized carbons (Fsp3) is 0.600. The summed E-state index contributed by atoms with van der Waals surface area (Å²) in [7, 11) is 0. The van der Waals surface area contributed by atoms with Gasteiger partial charge in [-0.15, -0.1) is 0 Å². The molecule has 2 rings (SSSR count). The lowest BCUT2D eigenvalue weighted by Crippen LogP contribution is -2.28. The van der Waals surface area contributed by atoms with Crippen LogP contribution in [0.1, 0.15) is 55.6 Å². The molecule has 104 valence electrons. The van der Waals surface area contributed by atoms with Gasteiger partial charge in [0, 0.05) is 6.07 Å². The lowest BCUT2D eigenvalue weighted by Gasteiger charge is -2.34. The molecule has 1 aliphatic rings. The zero-order valence-corrected chi connectivity index (χ0v) is 11.8. The number of aromatic carboxylic acids is 1. The monoisotopic (exact) mass is 263 g/mol. The first kappa shape index (κ1) is 13.8. The van der Waals surface area contributed by atoms with Gasteiger partial charge in [-0.3, -0.25) is 0 Å². The molecule has 4 nitrogen and oxygen atoms in total. The van der Waals surface area contributed by atoms with Gasteiger partial charge in [-0.2, -0.15) is 0 Å². The van der Waals surface area contributed by atoms with Gasteiger partial charge < -0.3 is 9.84 Å². The van der Waals surface area contributed by atoms with E-state index in [4.69, 9.17) is 9.84 Å². The third kappa shape index (κ3) is 3.46. The fourth-order valence-corrected chi connectivity index (χ4v) is 2.49. The van der Waals surface area contributed by atoms with E-state index in [1.807, 2.05) is 0 Å². The van der Waals surface area contributed by atoms with Gasteiger partial charge in [0.25, 0.3) is 0 Å². The van der Waals surface area contributed by atoms with Crippen LogP contribution in [0.3, 0.4) is 0 Å². The summed E-state index contributed by atoms with van der Waals surface area (Å²) in [6, 6.07) is 3.21. The number of carbonyl (C=O) groups is 1. The Morgan fingerprint density at radius 3 is 2.53 bits per heavy atom. The molecule has 1 fully saturated rings. The molecule has 0 aliphatic heterocycles. The molecule has 19 heavy (non-hydrogen) atoms. The van der Waals surface area contributed by atoms with Crippen LogP contribution in [0.2, 0.25) is 0 Å². The number of aryl methyl sites for hydroxylation is 1. The van der Waals surface area contributed by atoms with E-state index >= 15 is 0 Å². The average Bonchev–Trinajstić information content (AvgIpc) is 2.31. The van der Waals surface area contributed by atoms with Crippen LogP contribution in [0.25, 0.3) is 0 Å². The van der Waals surface area contributed by atoms with Crippen LogP contribution in [-0.2, 0) is 0 Å². The third-order valence-electron chi connectivity index (χ3n) is 3.86. The Hall–Kier alpha value is -1.58. The number of carboxylic acid groups (broad SMARTS) is 1. The molecule has 0 radical (unpaired) electrons. The molecular weight excluding hydrogens is 242 g/mol. The van der Waals surface area contributed by atoms with Gasteiger partial charge in [0.15, 0.2) is 0 Å². The van der Waals surface area contributed by atoms with E-state index in [1.54, 1.807) is 19.1 Å². The Labute approximate surface area is 113 Å². The lowest BCUT2D eigenvalue weighted by molar-refractivity contribution is 0.0694. The van der Waals surface area contributed by atoms with Crippen LogP contribution in [0.5, 0.6) is 5.88 Å². The van der Waals surface area contributed by atoms with E-state index in [1.165, 1.54) is 0 Å². The number of aromatic nitrogens is 1. The summed E-state index contributed by atoms with van der Waals surface area (Å²) in [4.78, 5) is 15.1. The number of rotatable bonds is 3. The highest BCUT2D eigenvalue weighted by Gasteiger charge is 2.28. The number of carboxylic acids is 1. The number of nitrogens with zero attached hydrogens (tertiary/aromatic N) is 1. The van der Waals surface area contributed by atoms with E-state index in [-0.39, 0.29) is 11.7 Å². The Bertz CT molecular complexity index is 472. The van der Waals surface area contributed by atoms with Crippen LogP contribution in [0, 0.1) is 12.3 Å². The number of ether oxygens (including phenoxy) is 1. The first-order valence-corrected chi connectivity index (χ1v) is 6.75. The summed E-state index contributed by atoms with van der Waals surface area (Å²) in [6.07, 6.45) is 4.59. The van der Waals surface area contributed by atoms with E-state index in [2.05, 4.69) is 18.8 Å². The molecule has 0 amide bonds.